The molecule has 0 amide bonds. The van der Waals surface area contributed by atoms with Crippen LogP contribution in [0.4, 0.5) is 0 Å². The van der Waals surface area contributed by atoms with Gasteiger partial charge < -0.3 is 25.0 Å². The van der Waals surface area contributed by atoms with Crippen molar-refractivity contribution >= 4 is 5.96 Å². The van der Waals surface area contributed by atoms with Gasteiger partial charge in [-0.1, -0.05) is 5.16 Å². The molecule has 1 aliphatic rings. The second-order valence-corrected chi connectivity index (χ2v) is 5.85. The first kappa shape index (κ1) is 16.8. The van der Waals surface area contributed by atoms with E-state index in [1.165, 1.54) is 0 Å². The van der Waals surface area contributed by atoms with Crippen LogP contribution in [-0.4, -0.2) is 49.6 Å². The molecule has 124 valence electrons. The van der Waals surface area contributed by atoms with Gasteiger partial charge in [-0.05, 0) is 26.7 Å². The Morgan fingerprint density at radius 2 is 2.05 bits per heavy atom. The molecule has 0 aromatic carbocycles. The summed E-state index contributed by atoms with van der Waals surface area (Å²) in [4.78, 5) is 4.23. The number of hydrogen-bond acceptors (Lipinski definition) is 5. The lowest BCUT2D eigenvalue weighted by atomic mass is 9.81. The minimum Gasteiger partial charge on any atom is -0.396 e. The maximum absolute atomic E-state index is 9.70. The van der Waals surface area contributed by atoms with Gasteiger partial charge in [0, 0.05) is 44.3 Å². The highest BCUT2D eigenvalue weighted by atomic mass is 16.5. The summed E-state index contributed by atoms with van der Waals surface area (Å²) in [5, 5.41) is 20.2. The Labute approximate surface area is 131 Å². The second-order valence-electron chi connectivity index (χ2n) is 5.85. The normalized spacial score (nSPS) is 18.3. The number of aliphatic hydroxyl groups excluding tert-OH is 1. The van der Waals surface area contributed by atoms with Crippen LogP contribution in [0.1, 0.15) is 29.9 Å². The standard InChI is InChI=1S/C15H26N4O3/c1-11-13(12(2)22-19-11)8-17-14(16-3)18-9-15(10-20)4-6-21-7-5-15/h20H,4-10H2,1-3H3,(H2,16,17,18). The molecule has 0 radical (unpaired) electrons. The number of aromatic nitrogens is 1. The predicted octanol–water partition coefficient (Wildman–Crippen LogP) is 0.746. The zero-order valence-electron chi connectivity index (χ0n) is 13.6. The molecule has 1 aliphatic heterocycles. The van der Waals surface area contributed by atoms with Crippen LogP contribution >= 0.6 is 0 Å². The van der Waals surface area contributed by atoms with E-state index < -0.39 is 0 Å². The van der Waals surface area contributed by atoms with Gasteiger partial charge in [-0.3, -0.25) is 4.99 Å². The summed E-state index contributed by atoms with van der Waals surface area (Å²) in [7, 11) is 1.73. The molecule has 0 unspecified atom stereocenters. The van der Waals surface area contributed by atoms with Gasteiger partial charge in [0.15, 0.2) is 5.96 Å². The van der Waals surface area contributed by atoms with E-state index in [1.54, 1.807) is 7.05 Å². The van der Waals surface area contributed by atoms with Crippen LogP contribution in [0.3, 0.4) is 0 Å². The Morgan fingerprint density at radius 1 is 1.32 bits per heavy atom. The molecule has 1 aromatic heterocycles. The van der Waals surface area contributed by atoms with Crippen molar-refractivity contribution in [3.05, 3.63) is 17.0 Å². The zero-order valence-corrected chi connectivity index (χ0v) is 13.6. The van der Waals surface area contributed by atoms with Crippen molar-refractivity contribution in [3.63, 3.8) is 0 Å². The van der Waals surface area contributed by atoms with E-state index in [0.717, 1.165) is 29.9 Å². The van der Waals surface area contributed by atoms with Crippen LogP contribution in [0.5, 0.6) is 0 Å². The molecule has 3 N–H and O–H groups in total. The van der Waals surface area contributed by atoms with Gasteiger partial charge in [0.1, 0.15) is 5.76 Å². The summed E-state index contributed by atoms with van der Waals surface area (Å²) in [5.74, 6) is 1.52. The van der Waals surface area contributed by atoms with Gasteiger partial charge in [0.05, 0.1) is 12.3 Å². The van der Waals surface area contributed by atoms with Crippen LogP contribution in [0.15, 0.2) is 9.52 Å². The topological polar surface area (TPSA) is 91.9 Å². The van der Waals surface area contributed by atoms with Crippen molar-refractivity contribution in [2.24, 2.45) is 10.4 Å². The number of aliphatic hydroxyl groups is 1. The van der Waals surface area contributed by atoms with Crippen molar-refractivity contribution < 1.29 is 14.4 Å². The molecule has 1 saturated heterocycles. The number of rotatable bonds is 5. The first-order chi connectivity index (χ1) is 10.6. The molecule has 0 saturated carbocycles. The van der Waals surface area contributed by atoms with E-state index in [9.17, 15) is 5.11 Å². The highest BCUT2D eigenvalue weighted by Crippen LogP contribution is 2.28. The van der Waals surface area contributed by atoms with E-state index in [1.807, 2.05) is 13.8 Å². The Kier molecular flexibility index (Phi) is 5.79. The molecule has 2 heterocycles. The van der Waals surface area contributed by atoms with E-state index in [2.05, 4.69) is 20.8 Å². The van der Waals surface area contributed by atoms with Gasteiger partial charge in [-0.25, -0.2) is 0 Å². The lowest BCUT2D eigenvalue weighted by molar-refractivity contribution is -0.0131. The van der Waals surface area contributed by atoms with Crippen LogP contribution in [-0.2, 0) is 11.3 Å². The van der Waals surface area contributed by atoms with Gasteiger partial charge in [0.25, 0.3) is 0 Å². The van der Waals surface area contributed by atoms with E-state index in [4.69, 9.17) is 9.26 Å². The van der Waals surface area contributed by atoms with Crippen molar-refractivity contribution in [1.29, 1.82) is 0 Å². The third kappa shape index (κ3) is 3.98. The molecule has 1 aromatic rings. The summed E-state index contributed by atoms with van der Waals surface area (Å²) in [5.41, 5.74) is 1.81. The lowest BCUT2D eigenvalue weighted by Crippen LogP contribution is -2.47. The summed E-state index contributed by atoms with van der Waals surface area (Å²) >= 11 is 0. The Bertz CT molecular complexity index is 487. The highest BCUT2D eigenvalue weighted by molar-refractivity contribution is 5.79. The first-order valence-corrected chi connectivity index (χ1v) is 7.65. The minimum absolute atomic E-state index is 0.126. The maximum Gasteiger partial charge on any atom is 0.191 e. The smallest absolute Gasteiger partial charge is 0.191 e. The SMILES string of the molecule is CN=C(NCc1c(C)noc1C)NCC1(CO)CCOCC1. The fourth-order valence-corrected chi connectivity index (χ4v) is 2.61. The number of hydrogen-bond donors (Lipinski definition) is 3. The molecule has 0 atom stereocenters. The predicted molar refractivity (Wildman–Crippen MR) is 83.8 cm³/mol. The number of ether oxygens (including phenoxy) is 1. The molecule has 7 heteroatoms. The average molecular weight is 310 g/mol. The Morgan fingerprint density at radius 3 is 2.59 bits per heavy atom. The van der Waals surface area contributed by atoms with Crippen LogP contribution in [0.25, 0.3) is 0 Å². The van der Waals surface area contributed by atoms with Crippen LogP contribution in [0, 0.1) is 19.3 Å². The number of aryl methyl sites for hydroxylation is 2. The summed E-state index contributed by atoms with van der Waals surface area (Å²) < 4.78 is 10.5. The van der Waals surface area contributed by atoms with E-state index in [-0.39, 0.29) is 12.0 Å². The van der Waals surface area contributed by atoms with Gasteiger partial charge >= 0.3 is 0 Å². The van der Waals surface area contributed by atoms with Crippen molar-refractivity contribution in [3.8, 4) is 0 Å². The Hall–Kier alpha value is -1.60. The molecule has 0 bridgehead atoms. The molecule has 2 rings (SSSR count). The minimum atomic E-state index is -0.126. The van der Waals surface area contributed by atoms with Crippen molar-refractivity contribution in [2.45, 2.75) is 33.2 Å². The largest absolute Gasteiger partial charge is 0.396 e. The van der Waals surface area contributed by atoms with Crippen LogP contribution in [0.2, 0.25) is 0 Å². The average Bonchev–Trinajstić information content (AvgIpc) is 2.87. The molecular formula is C15H26N4O3. The number of nitrogens with zero attached hydrogens (tertiary/aromatic N) is 2. The summed E-state index contributed by atoms with van der Waals surface area (Å²) in [6.07, 6.45) is 1.72. The fraction of sp³-hybridized carbons (Fsp3) is 0.733. The second kappa shape index (κ2) is 7.60. The molecular weight excluding hydrogens is 284 g/mol. The molecule has 0 aliphatic carbocycles. The first-order valence-electron chi connectivity index (χ1n) is 7.65. The lowest BCUT2D eigenvalue weighted by Gasteiger charge is -2.35. The molecule has 22 heavy (non-hydrogen) atoms. The van der Waals surface area contributed by atoms with Crippen molar-refractivity contribution in [1.82, 2.24) is 15.8 Å². The molecule has 1 fully saturated rings. The van der Waals surface area contributed by atoms with Crippen molar-refractivity contribution in [2.75, 3.05) is 33.4 Å². The summed E-state index contributed by atoms with van der Waals surface area (Å²) in [6, 6.07) is 0. The zero-order chi connectivity index (χ0) is 16.0. The van der Waals surface area contributed by atoms with Crippen LogP contribution < -0.4 is 10.6 Å². The third-order valence-corrected chi connectivity index (χ3v) is 4.36. The van der Waals surface area contributed by atoms with E-state index >= 15 is 0 Å². The molecule has 0 spiro atoms. The van der Waals surface area contributed by atoms with Gasteiger partial charge in [-0.2, -0.15) is 0 Å². The number of nitrogens with one attached hydrogen (secondary N) is 2. The molecule has 7 nitrogen and oxygen atoms in total. The maximum atomic E-state index is 9.70. The monoisotopic (exact) mass is 310 g/mol. The number of guanidine groups is 1. The van der Waals surface area contributed by atoms with Gasteiger partial charge in [0.2, 0.25) is 0 Å². The Balaban J connectivity index is 1.87. The van der Waals surface area contributed by atoms with E-state index in [0.29, 0.717) is 32.3 Å². The summed E-state index contributed by atoms with van der Waals surface area (Å²) in [6.45, 7) is 6.66. The number of aliphatic imine (C=N–C) groups is 1. The third-order valence-electron chi connectivity index (χ3n) is 4.36. The quantitative estimate of drug-likeness (QED) is 0.549. The van der Waals surface area contributed by atoms with Gasteiger partial charge in [-0.15, -0.1) is 0 Å². The highest BCUT2D eigenvalue weighted by Gasteiger charge is 2.32. The fourth-order valence-electron chi connectivity index (χ4n) is 2.61.